The molecule has 4 nitrogen and oxygen atoms in total. The van der Waals surface area contributed by atoms with E-state index in [1.54, 1.807) is 0 Å². The highest BCUT2D eigenvalue weighted by atomic mass is 15.2. The second-order valence-electron chi connectivity index (χ2n) is 4.53. The summed E-state index contributed by atoms with van der Waals surface area (Å²) in [6.07, 6.45) is 16.7. The molecule has 0 saturated heterocycles. The summed E-state index contributed by atoms with van der Waals surface area (Å²) in [7, 11) is 0. The Morgan fingerprint density at radius 1 is 0.722 bits per heavy atom. The molecule has 2 aliphatic heterocycles. The fourth-order valence-electron chi connectivity index (χ4n) is 2.29. The molecule has 0 aromatic carbocycles. The van der Waals surface area contributed by atoms with E-state index in [0.717, 1.165) is 13.1 Å². The monoisotopic (exact) mass is 246 g/mol. The molecule has 0 aromatic rings. The predicted octanol–water partition coefficient (Wildman–Crippen LogP) is 0.412. The quantitative estimate of drug-likeness (QED) is 0.738. The molecule has 0 radical (unpaired) electrons. The fraction of sp³-hybridized carbons (Fsp3) is 0.429. The third-order valence-corrected chi connectivity index (χ3v) is 3.40. The van der Waals surface area contributed by atoms with Crippen LogP contribution in [0.3, 0.4) is 0 Å². The molecule has 0 aliphatic carbocycles. The number of allylic oxidation sites excluding steroid dienone is 4. The summed E-state index contributed by atoms with van der Waals surface area (Å²) < 4.78 is 0. The number of hydrogen-bond acceptors (Lipinski definition) is 4. The second kappa shape index (κ2) is 6.42. The van der Waals surface area contributed by atoms with Gasteiger partial charge in [0.2, 0.25) is 0 Å². The van der Waals surface area contributed by atoms with Gasteiger partial charge in [-0.05, 0) is 24.6 Å². The van der Waals surface area contributed by atoms with E-state index in [1.165, 1.54) is 0 Å². The normalized spacial score (nSPS) is 26.1. The van der Waals surface area contributed by atoms with E-state index in [2.05, 4.69) is 58.7 Å². The van der Waals surface area contributed by atoms with Gasteiger partial charge in [0.05, 0.1) is 12.1 Å². The average Bonchev–Trinajstić information content (AvgIpc) is 2.45. The van der Waals surface area contributed by atoms with Crippen molar-refractivity contribution in [2.24, 2.45) is 11.5 Å². The molecule has 0 bridgehead atoms. The average molecular weight is 246 g/mol. The lowest BCUT2D eigenvalue weighted by Gasteiger charge is -2.34. The Kier molecular flexibility index (Phi) is 4.61. The predicted molar refractivity (Wildman–Crippen MR) is 75.7 cm³/mol. The molecule has 0 spiro atoms. The van der Waals surface area contributed by atoms with Gasteiger partial charge >= 0.3 is 0 Å². The maximum Gasteiger partial charge on any atom is 0.0593 e. The van der Waals surface area contributed by atoms with E-state index in [0.29, 0.717) is 25.2 Å². The first-order valence-electron chi connectivity index (χ1n) is 6.46. The van der Waals surface area contributed by atoms with Crippen molar-refractivity contribution in [2.75, 3.05) is 26.2 Å². The van der Waals surface area contributed by atoms with Crippen LogP contribution in [0.4, 0.5) is 0 Å². The summed E-state index contributed by atoms with van der Waals surface area (Å²) in [6, 6.07) is 0.631. The summed E-state index contributed by atoms with van der Waals surface area (Å²) in [6.45, 7) is 3.21. The van der Waals surface area contributed by atoms with Gasteiger partial charge in [0, 0.05) is 26.2 Å². The minimum atomic E-state index is 0.315. The maximum absolute atomic E-state index is 5.77. The van der Waals surface area contributed by atoms with Crippen LogP contribution in [-0.2, 0) is 0 Å². The van der Waals surface area contributed by atoms with Crippen molar-refractivity contribution in [1.29, 1.82) is 0 Å². The maximum atomic E-state index is 5.77. The van der Waals surface area contributed by atoms with Crippen LogP contribution < -0.4 is 11.5 Å². The van der Waals surface area contributed by atoms with Crippen molar-refractivity contribution in [3.05, 3.63) is 48.9 Å². The number of nitrogens with two attached hydrogens (primary N) is 2. The Morgan fingerprint density at radius 2 is 1.17 bits per heavy atom. The Labute approximate surface area is 109 Å². The summed E-state index contributed by atoms with van der Waals surface area (Å²) in [5.74, 6) is 0. The van der Waals surface area contributed by atoms with Gasteiger partial charge in [-0.2, -0.15) is 0 Å². The van der Waals surface area contributed by atoms with Crippen LogP contribution in [0.2, 0.25) is 0 Å². The zero-order valence-electron chi connectivity index (χ0n) is 10.7. The third-order valence-electron chi connectivity index (χ3n) is 3.40. The highest BCUT2D eigenvalue weighted by molar-refractivity contribution is 5.15. The molecule has 4 N–H and O–H groups in total. The lowest BCUT2D eigenvalue weighted by atomic mass is 10.1. The largest absolute Gasteiger partial charge is 0.368 e. The number of nitrogens with zero attached hydrogens (tertiary/aromatic N) is 2. The zero-order valence-corrected chi connectivity index (χ0v) is 10.7. The van der Waals surface area contributed by atoms with E-state index >= 15 is 0 Å². The molecule has 2 unspecified atom stereocenters. The van der Waals surface area contributed by atoms with E-state index in [4.69, 9.17) is 11.5 Å². The van der Waals surface area contributed by atoms with Crippen molar-refractivity contribution in [2.45, 2.75) is 12.1 Å². The van der Waals surface area contributed by atoms with Crippen molar-refractivity contribution in [3.8, 4) is 0 Å². The topological polar surface area (TPSA) is 58.5 Å². The lowest BCUT2D eigenvalue weighted by molar-refractivity contribution is 0.247. The first-order valence-corrected chi connectivity index (χ1v) is 6.46. The van der Waals surface area contributed by atoms with Crippen molar-refractivity contribution in [1.82, 2.24) is 9.80 Å². The number of hydrogen-bond donors (Lipinski definition) is 2. The van der Waals surface area contributed by atoms with E-state index in [9.17, 15) is 0 Å². The first kappa shape index (κ1) is 12.9. The van der Waals surface area contributed by atoms with Gasteiger partial charge in [0.15, 0.2) is 0 Å². The van der Waals surface area contributed by atoms with E-state index < -0.39 is 0 Å². The minimum absolute atomic E-state index is 0.315. The van der Waals surface area contributed by atoms with Crippen LogP contribution in [0.15, 0.2) is 48.9 Å². The Hall–Kier alpha value is -1.52. The van der Waals surface area contributed by atoms with Gasteiger partial charge in [-0.15, -0.1) is 0 Å². The van der Waals surface area contributed by atoms with Gasteiger partial charge in [0.25, 0.3) is 0 Å². The fourth-order valence-corrected chi connectivity index (χ4v) is 2.29. The molecule has 0 amide bonds. The summed E-state index contributed by atoms with van der Waals surface area (Å²) in [5.41, 5.74) is 11.5. The van der Waals surface area contributed by atoms with Crippen molar-refractivity contribution in [3.63, 3.8) is 0 Å². The van der Waals surface area contributed by atoms with Crippen LogP contribution >= 0.6 is 0 Å². The van der Waals surface area contributed by atoms with Crippen molar-refractivity contribution >= 4 is 0 Å². The number of rotatable bonds is 5. The van der Waals surface area contributed by atoms with Crippen LogP contribution in [-0.4, -0.2) is 48.1 Å². The molecule has 2 atom stereocenters. The van der Waals surface area contributed by atoms with E-state index in [-0.39, 0.29) is 0 Å². The first-order chi connectivity index (χ1) is 8.85. The van der Waals surface area contributed by atoms with Gasteiger partial charge in [-0.3, -0.25) is 0 Å². The molecule has 0 aromatic heterocycles. The summed E-state index contributed by atoms with van der Waals surface area (Å²) in [5, 5.41) is 0. The van der Waals surface area contributed by atoms with Gasteiger partial charge in [0.1, 0.15) is 0 Å². The standard InChI is InChI=1S/C14H22N4/c15-11-13-5-1-3-7-17(13)9-10-18-8-4-2-6-14(18)12-16/h1-8,13-14H,9-12,15-16H2. The molecular formula is C14H22N4. The molecule has 2 heterocycles. The molecule has 2 aliphatic rings. The van der Waals surface area contributed by atoms with Gasteiger partial charge in [-0.25, -0.2) is 0 Å². The smallest absolute Gasteiger partial charge is 0.0593 e. The Bertz CT molecular complexity index is 334. The Morgan fingerprint density at radius 3 is 1.56 bits per heavy atom. The molecule has 2 rings (SSSR count). The van der Waals surface area contributed by atoms with Crippen LogP contribution in [0.5, 0.6) is 0 Å². The summed E-state index contributed by atoms with van der Waals surface area (Å²) in [4.78, 5) is 4.56. The Balaban J connectivity index is 1.87. The highest BCUT2D eigenvalue weighted by Crippen LogP contribution is 2.10. The third kappa shape index (κ3) is 3.03. The molecule has 0 saturated carbocycles. The van der Waals surface area contributed by atoms with Crippen LogP contribution in [0.1, 0.15) is 0 Å². The molecular weight excluding hydrogens is 224 g/mol. The molecule has 4 heteroatoms. The molecule has 18 heavy (non-hydrogen) atoms. The van der Waals surface area contributed by atoms with Crippen LogP contribution in [0.25, 0.3) is 0 Å². The highest BCUT2D eigenvalue weighted by Gasteiger charge is 2.16. The van der Waals surface area contributed by atoms with Gasteiger partial charge < -0.3 is 21.3 Å². The van der Waals surface area contributed by atoms with Crippen molar-refractivity contribution < 1.29 is 0 Å². The summed E-state index contributed by atoms with van der Waals surface area (Å²) >= 11 is 0. The van der Waals surface area contributed by atoms with Gasteiger partial charge in [-0.1, -0.05) is 24.3 Å². The molecule has 98 valence electrons. The second-order valence-corrected chi connectivity index (χ2v) is 4.53. The zero-order chi connectivity index (χ0) is 12.8. The van der Waals surface area contributed by atoms with E-state index in [1.807, 2.05) is 0 Å². The molecule has 0 fully saturated rings. The lowest BCUT2D eigenvalue weighted by Crippen LogP contribution is -2.44. The SMILES string of the molecule is NCC1C=CC=CN1CCN1C=CC=CC1CN. The minimum Gasteiger partial charge on any atom is -0.368 e. The van der Waals surface area contributed by atoms with Crippen LogP contribution in [0, 0.1) is 0 Å².